The van der Waals surface area contributed by atoms with Crippen LogP contribution in [-0.4, -0.2) is 33.4 Å². The Morgan fingerprint density at radius 1 is 1.04 bits per heavy atom. The molecule has 7 nitrogen and oxygen atoms in total. The van der Waals surface area contributed by atoms with E-state index in [1.54, 1.807) is 30.3 Å². The molecule has 0 bridgehead atoms. The largest absolute Gasteiger partial charge is 0.451 e. The maximum Gasteiger partial charge on any atom is 0.300 e. The molecule has 2 aromatic heterocycles. The number of para-hydroxylation sites is 1. The van der Waals surface area contributed by atoms with Crippen LogP contribution in [0.3, 0.4) is 0 Å². The lowest BCUT2D eigenvalue weighted by Gasteiger charge is -2.11. The number of pyridine rings is 1. The Morgan fingerprint density at radius 3 is 2.61 bits per heavy atom. The van der Waals surface area contributed by atoms with E-state index in [1.807, 2.05) is 31.1 Å². The Bertz CT molecular complexity index is 1300. The van der Waals surface area contributed by atoms with Crippen LogP contribution in [0.1, 0.15) is 10.6 Å². The maximum absolute atomic E-state index is 12.8. The molecule has 0 unspecified atom stereocenters. The second-order valence-electron chi connectivity index (χ2n) is 6.49. The van der Waals surface area contributed by atoms with Gasteiger partial charge in [0.25, 0.3) is 10.0 Å². The average Bonchev–Trinajstić information content (AvgIpc) is 3.10. The lowest BCUT2D eigenvalue weighted by molar-refractivity contribution is 0.0956. The highest BCUT2D eigenvalue weighted by Gasteiger charge is 2.23. The van der Waals surface area contributed by atoms with E-state index in [-0.39, 0.29) is 10.7 Å². The average molecular weight is 395 g/mol. The summed E-state index contributed by atoms with van der Waals surface area (Å²) in [4.78, 5) is 18.5. The summed E-state index contributed by atoms with van der Waals surface area (Å²) in [5.41, 5.74) is 1.70. The monoisotopic (exact) mass is 395 g/mol. The molecule has 4 aromatic rings. The van der Waals surface area contributed by atoms with Crippen LogP contribution in [-0.2, 0) is 10.0 Å². The molecule has 8 heteroatoms. The summed E-state index contributed by atoms with van der Waals surface area (Å²) < 4.78 is 33.2. The normalized spacial score (nSPS) is 11.6. The summed E-state index contributed by atoms with van der Waals surface area (Å²) in [6.07, 6.45) is 1.50. The van der Waals surface area contributed by atoms with Crippen LogP contribution in [0.5, 0.6) is 0 Å². The van der Waals surface area contributed by atoms with E-state index in [9.17, 15) is 13.2 Å². The smallest absolute Gasteiger partial charge is 0.300 e. The lowest BCUT2D eigenvalue weighted by Crippen LogP contribution is -2.30. The Labute approximate surface area is 161 Å². The first-order valence-corrected chi connectivity index (χ1v) is 9.95. The predicted molar refractivity (Wildman–Crippen MR) is 107 cm³/mol. The van der Waals surface area contributed by atoms with Gasteiger partial charge in [-0.1, -0.05) is 18.2 Å². The molecule has 0 aliphatic carbocycles. The summed E-state index contributed by atoms with van der Waals surface area (Å²) in [6.45, 7) is 0. The molecule has 2 aromatic carbocycles. The number of nitrogens with one attached hydrogen (secondary N) is 1. The Balaban J connectivity index is 1.68. The van der Waals surface area contributed by atoms with Crippen molar-refractivity contribution < 1.29 is 17.6 Å². The second kappa shape index (κ2) is 6.65. The number of fused-ring (bicyclic) bond motifs is 2. The van der Waals surface area contributed by atoms with Gasteiger partial charge in [-0.3, -0.25) is 9.78 Å². The van der Waals surface area contributed by atoms with Crippen molar-refractivity contribution >= 4 is 43.5 Å². The summed E-state index contributed by atoms with van der Waals surface area (Å²) >= 11 is 0. The van der Waals surface area contributed by atoms with E-state index >= 15 is 0 Å². The van der Waals surface area contributed by atoms with Crippen LogP contribution in [0, 0.1) is 0 Å². The Hall–Kier alpha value is -3.39. The van der Waals surface area contributed by atoms with Crippen molar-refractivity contribution in [1.29, 1.82) is 0 Å². The molecule has 1 N–H and O–H groups in total. The van der Waals surface area contributed by atoms with Crippen LogP contribution >= 0.6 is 0 Å². The van der Waals surface area contributed by atoms with Crippen molar-refractivity contribution in [2.45, 2.75) is 4.90 Å². The highest BCUT2D eigenvalue weighted by atomic mass is 32.2. The van der Waals surface area contributed by atoms with Gasteiger partial charge in [-0.25, -0.2) is 13.1 Å². The van der Waals surface area contributed by atoms with E-state index in [0.717, 1.165) is 5.69 Å². The summed E-state index contributed by atoms with van der Waals surface area (Å²) in [7, 11) is -0.341. The molecule has 0 saturated carbocycles. The van der Waals surface area contributed by atoms with Gasteiger partial charge < -0.3 is 9.32 Å². The van der Waals surface area contributed by atoms with Gasteiger partial charge in [-0.15, -0.1) is 0 Å². The Kier molecular flexibility index (Phi) is 4.27. The minimum Gasteiger partial charge on any atom is -0.451 e. The minimum atomic E-state index is -4.12. The summed E-state index contributed by atoms with van der Waals surface area (Å²) in [6, 6.07) is 15.2. The summed E-state index contributed by atoms with van der Waals surface area (Å²) in [5, 5.41) is 1.37. The zero-order valence-corrected chi connectivity index (χ0v) is 16.0. The fourth-order valence-corrected chi connectivity index (χ4v) is 4.07. The van der Waals surface area contributed by atoms with Crippen molar-refractivity contribution in [2.75, 3.05) is 19.0 Å². The molecule has 1 amide bonds. The molecule has 0 spiro atoms. The van der Waals surface area contributed by atoms with Crippen molar-refractivity contribution in [1.82, 2.24) is 9.71 Å². The van der Waals surface area contributed by atoms with Crippen LogP contribution in [0.15, 0.2) is 70.1 Å². The minimum absolute atomic E-state index is 0.0649. The fourth-order valence-electron chi connectivity index (χ4n) is 2.93. The van der Waals surface area contributed by atoms with Crippen molar-refractivity contribution in [3.8, 4) is 0 Å². The SMILES string of the molecule is CN(C)c1ccc2cc(C(=O)NS(=O)(=O)c3cccc4cccnc34)oc2c1. The van der Waals surface area contributed by atoms with Gasteiger partial charge >= 0.3 is 5.91 Å². The van der Waals surface area contributed by atoms with Crippen molar-refractivity contribution in [2.24, 2.45) is 0 Å². The number of nitrogens with zero attached hydrogens (tertiary/aromatic N) is 2. The molecule has 0 aliphatic rings. The standard InChI is InChI=1S/C20H17N3O4S/c1-23(2)15-9-8-14-11-17(27-16(14)12-15)20(24)22-28(25,26)18-7-3-5-13-6-4-10-21-19(13)18/h3-12H,1-2H3,(H,22,24). The second-order valence-corrected chi connectivity index (χ2v) is 8.14. The Morgan fingerprint density at radius 2 is 1.82 bits per heavy atom. The topological polar surface area (TPSA) is 92.5 Å². The molecule has 0 atom stereocenters. The van der Waals surface area contributed by atoms with Gasteiger partial charge in [-0.2, -0.15) is 0 Å². The zero-order chi connectivity index (χ0) is 19.9. The molecule has 2 heterocycles. The quantitative estimate of drug-likeness (QED) is 0.571. The van der Waals surface area contributed by atoms with Gasteiger partial charge in [0.2, 0.25) is 0 Å². The molecular formula is C20H17N3O4S. The van der Waals surface area contributed by atoms with E-state index < -0.39 is 15.9 Å². The third-order valence-corrected chi connectivity index (χ3v) is 5.72. The first kappa shape index (κ1) is 18.0. The lowest BCUT2D eigenvalue weighted by atomic mass is 10.2. The number of furan rings is 1. The third kappa shape index (κ3) is 3.18. The number of rotatable bonds is 4. The van der Waals surface area contributed by atoms with Crippen LogP contribution < -0.4 is 9.62 Å². The van der Waals surface area contributed by atoms with Gasteiger partial charge in [0.1, 0.15) is 10.5 Å². The number of sulfonamides is 1. The number of aromatic nitrogens is 1. The first-order chi connectivity index (χ1) is 13.3. The van der Waals surface area contributed by atoms with E-state index in [2.05, 4.69) is 9.71 Å². The highest BCUT2D eigenvalue weighted by Crippen LogP contribution is 2.25. The molecule has 0 aliphatic heterocycles. The number of benzene rings is 2. The predicted octanol–water partition coefficient (Wildman–Crippen LogP) is 3.17. The van der Waals surface area contributed by atoms with Gasteiger partial charge in [0.05, 0.1) is 5.52 Å². The molecule has 0 fully saturated rings. The molecule has 4 rings (SSSR count). The molecule has 0 radical (unpaired) electrons. The number of hydrogen-bond acceptors (Lipinski definition) is 6. The van der Waals surface area contributed by atoms with Crippen LogP contribution in [0.25, 0.3) is 21.9 Å². The van der Waals surface area contributed by atoms with Gasteiger partial charge in [-0.05, 0) is 30.3 Å². The van der Waals surface area contributed by atoms with Gasteiger partial charge in [0, 0.05) is 42.8 Å². The maximum atomic E-state index is 12.8. The number of hydrogen-bond donors (Lipinski definition) is 1. The van der Waals surface area contributed by atoms with Crippen LogP contribution in [0.4, 0.5) is 5.69 Å². The summed E-state index contributed by atoms with van der Waals surface area (Å²) in [5.74, 6) is -0.918. The van der Waals surface area contributed by atoms with Crippen molar-refractivity contribution in [3.63, 3.8) is 0 Å². The number of carbonyl (C=O) groups excluding carboxylic acids is 1. The van der Waals surface area contributed by atoms with Gasteiger partial charge in [0.15, 0.2) is 5.76 Å². The highest BCUT2D eigenvalue weighted by molar-refractivity contribution is 7.90. The van der Waals surface area contributed by atoms with E-state index in [0.29, 0.717) is 21.9 Å². The number of carbonyl (C=O) groups is 1. The van der Waals surface area contributed by atoms with Crippen LogP contribution in [0.2, 0.25) is 0 Å². The van der Waals surface area contributed by atoms with Crippen molar-refractivity contribution in [3.05, 3.63) is 66.6 Å². The first-order valence-electron chi connectivity index (χ1n) is 8.47. The third-order valence-electron chi connectivity index (χ3n) is 4.36. The molecule has 142 valence electrons. The fraction of sp³-hybridized carbons (Fsp3) is 0.100. The zero-order valence-electron chi connectivity index (χ0n) is 15.2. The molecular weight excluding hydrogens is 378 g/mol. The molecule has 28 heavy (non-hydrogen) atoms. The number of anilines is 1. The molecule has 0 saturated heterocycles. The van der Waals surface area contributed by atoms with E-state index in [4.69, 9.17) is 4.42 Å². The number of amides is 1. The van der Waals surface area contributed by atoms with E-state index in [1.165, 1.54) is 18.3 Å².